The minimum absolute atomic E-state index is 0.534. The third-order valence-corrected chi connectivity index (χ3v) is 5.29. The summed E-state index contributed by atoms with van der Waals surface area (Å²) in [6, 6.07) is 0.534. The van der Waals surface area contributed by atoms with Crippen LogP contribution in [0.4, 0.5) is 0 Å². The Balaban J connectivity index is 2.15. The van der Waals surface area contributed by atoms with E-state index in [4.69, 9.17) is 11.6 Å². The Morgan fingerprint density at radius 2 is 1.90 bits per heavy atom. The number of nitrogens with one attached hydrogen (secondary N) is 1. The lowest BCUT2D eigenvalue weighted by atomic mass is 9.88. The van der Waals surface area contributed by atoms with Crippen molar-refractivity contribution in [2.75, 3.05) is 6.54 Å². The van der Waals surface area contributed by atoms with Crippen LogP contribution in [0, 0.1) is 12.8 Å². The zero-order valence-electron chi connectivity index (χ0n) is 13.8. The van der Waals surface area contributed by atoms with Crippen molar-refractivity contribution in [3.05, 3.63) is 16.4 Å². The topological polar surface area (TPSA) is 29.9 Å². The number of likely N-dealkylation sites (N-methyl/N-ethyl adjacent to an activating group) is 1. The molecule has 0 radical (unpaired) electrons. The summed E-state index contributed by atoms with van der Waals surface area (Å²) in [6.07, 6.45) is 9.29. The van der Waals surface area contributed by atoms with Crippen LogP contribution in [0.25, 0.3) is 0 Å². The van der Waals surface area contributed by atoms with Crippen molar-refractivity contribution in [1.29, 1.82) is 0 Å². The van der Waals surface area contributed by atoms with E-state index < -0.39 is 0 Å². The summed E-state index contributed by atoms with van der Waals surface area (Å²) < 4.78 is 2.08. The Kier molecular flexibility index (Phi) is 6.56. The summed E-state index contributed by atoms with van der Waals surface area (Å²) in [5.41, 5.74) is 2.18. The Morgan fingerprint density at radius 1 is 1.24 bits per heavy atom. The van der Waals surface area contributed by atoms with Crippen LogP contribution in [0.1, 0.15) is 63.8 Å². The lowest BCUT2D eigenvalue weighted by Gasteiger charge is -2.27. The van der Waals surface area contributed by atoms with Gasteiger partial charge in [0.25, 0.3) is 0 Å². The highest BCUT2D eigenvalue weighted by Gasteiger charge is 2.25. The van der Waals surface area contributed by atoms with Gasteiger partial charge in [-0.25, -0.2) is 0 Å². The van der Waals surface area contributed by atoms with Crippen LogP contribution in [0.2, 0.25) is 5.02 Å². The van der Waals surface area contributed by atoms with Crippen LogP contribution < -0.4 is 5.32 Å². The maximum Gasteiger partial charge on any atom is 0.0847 e. The van der Waals surface area contributed by atoms with Crippen molar-refractivity contribution in [2.24, 2.45) is 5.92 Å². The van der Waals surface area contributed by atoms with Crippen molar-refractivity contribution in [3.8, 4) is 0 Å². The fourth-order valence-electron chi connectivity index (χ4n) is 3.65. The highest BCUT2D eigenvalue weighted by Crippen LogP contribution is 2.29. The number of nitrogens with zero attached hydrogens (tertiary/aromatic N) is 2. The molecule has 2 rings (SSSR count). The second kappa shape index (κ2) is 8.19. The highest BCUT2D eigenvalue weighted by atomic mass is 35.5. The van der Waals surface area contributed by atoms with Gasteiger partial charge in [0.2, 0.25) is 0 Å². The summed E-state index contributed by atoms with van der Waals surface area (Å²) in [5.74, 6) is 0.782. The van der Waals surface area contributed by atoms with Gasteiger partial charge in [0.15, 0.2) is 0 Å². The number of rotatable bonds is 6. The molecule has 0 saturated heterocycles. The van der Waals surface area contributed by atoms with E-state index in [1.807, 2.05) is 6.92 Å². The summed E-state index contributed by atoms with van der Waals surface area (Å²) in [4.78, 5) is 0. The van der Waals surface area contributed by atoms with Gasteiger partial charge in [-0.1, -0.05) is 44.2 Å². The van der Waals surface area contributed by atoms with E-state index in [9.17, 15) is 0 Å². The zero-order valence-corrected chi connectivity index (χ0v) is 14.5. The van der Waals surface area contributed by atoms with Gasteiger partial charge in [0, 0.05) is 19.0 Å². The second-order valence-electron chi connectivity index (χ2n) is 6.28. The van der Waals surface area contributed by atoms with E-state index in [2.05, 4.69) is 28.9 Å². The highest BCUT2D eigenvalue weighted by molar-refractivity contribution is 6.31. The molecule has 120 valence electrons. The smallest absolute Gasteiger partial charge is 0.0847 e. The number of hydrogen-bond acceptors (Lipinski definition) is 2. The van der Waals surface area contributed by atoms with E-state index >= 15 is 0 Å². The molecule has 21 heavy (non-hydrogen) atoms. The molecule has 1 atom stereocenters. The Hall–Kier alpha value is -0.540. The van der Waals surface area contributed by atoms with Gasteiger partial charge in [-0.3, -0.25) is 4.68 Å². The van der Waals surface area contributed by atoms with Crippen molar-refractivity contribution in [3.63, 3.8) is 0 Å². The molecule has 1 fully saturated rings. The van der Waals surface area contributed by atoms with Gasteiger partial charge in [-0.2, -0.15) is 5.10 Å². The molecule has 1 aliphatic carbocycles. The normalized spacial score (nSPS) is 18.7. The van der Waals surface area contributed by atoms with Crippen molar-refractivity contribution >= 4 is 11.6 Å². The lowest BCUT2D eigenvalue weighted by molar-refractivity contribution is 0.316. The first-order chi connectivity index (χ1) is 10.2. The molecule has 0 bridgehead atoms. The monoisotopic (exact) mass is 311 g/mol. The maximum absolute atomic E-state index is 6.50. The van der Waals surface area contributed by atoms with Crippen molar-refractivity contribution in [1.82, 2.24) is 15.1 Å². The Morgan fingerprint density at radius 3 is 2.48 bits per heavy atom. The molecule has 1 aliphatic rings. The van der Waals surface area contributed by atoms with Gasteiger partial charge < -0.3 is 5.32 Å². The van der Waals surface area contributed by atoms with E-state index in [0.29, 0.717) is 6.04 Å². The van der Waals surface area contributed by atoms with Crippen LogP contribution in [-0.4, -0.2) is 22.4 Å². The molecule has 4 heteroatoms. The summed E-state index contributed by atoms with van der Waals surface area (Å²) in [6.45, 7) is 8.27. The average molecular weight is 312 g/mol. The summed E-state index contributed by atoms with van der Waals surface area (Å²) in [7, 11) is 0. The molecule has 3 nitrogen and oxygen atoms in total. The Labute approximate surface area is 134 Å². The first-order valence-corrected chi connectivity index (χ1v) is 9.00. The van der Waals surface area contributed by atoms with E-state index in [-0.39, 0.29) is 0 Å². The largest absolute Gasteiger partial charge is 0.314 e. The van der Waals surface area contributed by atoms with Gasteiger partial charge >= 0.3 is 0 Å². The minimum atomic E-state index is 0.534. The predicted octanol–water partition coefficient (Wildman–Crippen LogP) is 4.36. The lowest BCUT2D eigenvalue weighted by Crippen LogP contribution is -2.38. The molecular weight excluding hydrogens is 282 g/mol. The number of halogens is 1. The van der Waals surface area contributed by atoms with Crippen LogP contribution >= 0.6 is 11.6 Å². The molecule has 1 aromatic rings. The molecule has 1 saturated carbocycles. The molecular formula is C17H30ClN3. The molecule has 0 spiro atoms. The molecule has 1 heterocycles. The minimum Gasteiger partial charge on any atom is -0.314 e. The van der Waals surface area contributed by atoms with Crippen LogP contribution in [0.3, 0.4) is 0 Å². The van der Waals surface area contributed by atoms with Crippen molar-refractivity contribution in [2.45, 2.75) is 78.3 Å². The summed E-state index contributed by atoms with van der Waals surface area (Å²) in [5, 5.41) is 9.15. The SMILES string of the molecule is CCNC(Cc1c(Cl)c(C)nn1CC)C1CCCCCC1. The third kappa shape index (κ3) is 4.23. The molecule has 0 aliphatic heterocycles. The molecule has 0 amide bonds. The standard InChI is InChI=1S/C17H30ClN3/c1-4-19-15(14-10-8-6-7-9-11-14)12-16-17(18)13(3)20-21(16)5-2/h14-15,19H,4-12H2,1-3H3. The number of aryl methyl sites for hydroxylation is 2. The number of hydrogen-bond donors (Lipinski definition) is 1. The fourth-order valence-corrected chi connectivity index (χ4v) is 3.87. The van der Waals surface area contributed by atoms with Crippen molar-refractivity contribution < 1.29 is 0 Å². The molecule has 1 aromatic heterocycles. The second-order valence-corrected chi connectivity index (χ2v) is 6.66. The van der Waals surface area contributed by atoms with E-state index in [0.717, 1.165) is 36.1 Å². The molecule has 1 unspecified atom stereocenters. The van der Waals surface area contributed by atoms with Gasteiger partial charge in [-0.05, 0) is 39.2 Å². The van der Waals surface area contributed by atoms with E-state index in [1.54, 1.807) is 0 Å². The van der Waals surface area contributed by atoms with Crippen LogP contribution in [0.5, 0.6) is 0 Å². The molecule has 1 N–H and O–H groups in total. The maximum atomic E-state index is 6.50. The van der Waals surface area contributed by atoms with Crippen LogP contribution in [-0.2, 0) is 13.0 Å². The first kappa shape index (κ1) is 16.8. The van der Waals surface area contributed by atoms with Gasteiger partial charge in [0.1, 0.15) is 0 Å². The predicted molar refractivity (Wildman–Crippen MR) is 90.0 cm³/mol. The van der Waals surface area contributed by atoms with Crippen LogP contribution in [0.15, 0.2) is 0 Å². The van der Waals surface area contributed by atoms with Gasteiger partial charge in [0.05, 0.1) is 16.4 Å². The zero-order chi connectivity index (χ0) is 15.2. The van der Waals surface area contributed by atoms with E-state index in [1.165, 1.54) is 44.2 Å². The first-order valence-electron chi connectivity index (χ1n) is 8.62. The van der Waals surface area contributed by atoms with Gasteiger partial charge in [-0.15, -0.1) is 0 Å². The number of aromatic nitrogens is 2. The molecule has 0 aromatic carbocycles. The third-order valence-electron chi connectivity index (χ3n) is 4.80. The summed E-state index contributed by atoms with van der Waals surface area (Å²) >= 11 is 6.50. The quantitative estimate of drug-likeness (QED) is 0.791. The average Bonchev–Trinajstić information content (AvgIpc) is 2.69. The Bertz CT molecular complexity index is 433. The fraction of sp³-hybridized carbons (Fsp3) is 0.824.